The number of aryl methyl sites for hydroxylation is 1. The van der Waals surface area contributed by atoms with Crippen LogP contribution in [0.3, 0.4) is 0 Å². The molecule has 2 N–H and O–H groups in total. The summed E-state index contributed by atoms with van der Waals surface area (Å²) in [5.74, 6) is 0.795. The maximum absolute atomic E-state index is 6.11. The van der Waals surface area contributed by atoms with E-state index >= 15 is 0 Å². The lowest BCUT2D eigenvalue weighted by Crippen LogP contribution is -2.01. The lowest BCUT2D eigenvalue weighted by atomic mass is 10.1. The van der Waals surface area contributed by atoms with Gasteiger partial charge in [0.15, 0.2) is 0 Å². The molecule has 1 heterocycles. The van der Waals surface area contributed by atoms with Crippen LogP contribution in [0.4, 0.5) is 0 Å². The number of nitrogens with two attached hydrogens (primary N) is 1. The van der Waals surface area contributed by atoms with E-state index in [1.54, 1.807) is 18.4 Å². The predicted molar refractivity (Wildman–Crippen MR) is 78.7 cm³/mol. The Morgan fingerprint density at radius 1 is 1.33 bits per heavy atom. The molecule has 0 saturated heterocycles. The van der Waals surface area contributed by atoms with Gasteiger partial charge in [-0.3, -0.25) is 0 Å². The first-order valence-electron chi connectivity index (χ1n) is 5.72. The third-order valence-corrected chi connectivity index (χ3v) is 4.55. The van der Waals surface area contributed by atoms with Crippen molar-refractivity contribution >= 4 is 22.9 Å². The van der Waals surface area contributed by atoms with E-state index in [9.17, 15) is 0 Å². The van der Waals surface area contributed by atoms with E-state index in [0.29, 0.717) is 0 Å². The Kier molecular flexibility index (Phi) is 3.95. The number of methoxy groups -OCH3 is 1. The second-order valence-electron chi connectivity index (χ2n) is 4.29. The molecule has 1 unspecified atom stereocenters. The zero-order valence-electron chi connectivity index (χ0n) is 10.7. The molecule has 0 saturated carbocycles. The highest BCUT2D eigenvalue weighted by Gasteiger charge is 2.12. The SMILES string of the molecule is COc1cc(Cl)c(C)cc1-c1ccc(C(C)N)s1. The summed E-state index contributed by atoms with van der Waals surface area (Å²) in [5, 5.41) is 0.722. The van der Waals surface area contributed by atoms with Gasteiger partial charge >= 0.3 is 0 Å². The van der Waals surface area contributed by atoms with Gasteiger partial charge in [-0.05, 0) is 43.7 Å². The lowest BCUT2D eigenvalue weighted by Gasteiger charge is -2.09. The van der Waals surface area contributed by atoms with Crippen molar-refractivity contribution in [1.82, 2.24) is 0 Å². The molecule has 96 valence electrons. The van der Waals surface area contributed by atoms with E-state index < -0.39 is 0 Å². The normalized spacial score (nSPS) is 12.5. The summed E-state index contributed by atoms with van der Waals surface area (Å²) in [6, 6.07) is 8.11. The van der Waals surface area contributed by atoms with Crippen LogP contribution in [0.5, 0.6) is 5.75 Å². The molecular weight excluding hydrogens is 266 g/mol. The number of halogens is 1. The van der Waals surface area contributed by atoms with Gasteiger partial charge in [-0.1, -0.05) is 11.6 Å². The Morgan fingerprint density at radius 3 is 2.61 bits per heavy atom. The quantitative estimate of drug-likeness (QED) is 0.905. The smallest absolute Gasteiger partial charge is 0.129 e. The minimum atomic E-state index is 0.0585. The van der Waals surface area contributed by atoms with Gasteiger partial charge in [-0.25, -0.2) is 0 Å². The van der Waals surface area contributed by atoms with Crippen molar-refractivity contribution in [3.8, 4) is 16.2 Å². The average molecular weight is 282 g/mol. The first kappa shape index (κ1) is 13.4. The molecule has 1 aromatic heterocycles. The summed E-state index contributed by atoms with van der Waals surface area (Å²) in [6.07, 6.45) is 0. The van der Waals surface area contributed by atoms with Crippen LogP contribution in [0.1, 0.15) is 23.4 Å². The van der Waals surface area contributed by atoms with Gasteiger partial charge in [0.25, 0.3) is 0 Å². The average Bonchev–Trinajstić information content (AvgIpc) is 2.81. The van der Waals surface area contributed by atoms with Gasteiger partial charge in [-0.2, -0.15) is 0 Å². The second-order valence-corrected chi connectivity index (χ2v) is 5.81. The van der Waals surface area contributed by atoms with Crippen LogP contribution in [-0.2, 0) is 0 Å². The molecule has 2 aromatic rings. The van der Waals surface area contributed by atoms with Crippen molar-refractivity contribution in [3.05, 3.63) is 39.7 Å². The molecular formula is C14H16ClNOS. The number of thiophene rings is 1. The molecule has 18 heavy (non-hydrogen) atoms. The van der Waals surface area contributed by atoms with Gasteiger partial charge in [0.1, 0.15) is 5.75 Å². The first-order valence-corrected chi connectivity index (χ1v) is 6.92. The van der Waals surface area contributed by atoms with E-state index in [4.69, 9.17) is 22.1 Å². The molecule has 0 spiro atoms. The fraction of sp³-hybridized carbons (Fsp3) is 0.286. The molecule has 4 heteroatoms. The number of ether oxygens (including phenoxy) is 1. The van der Waals surface area contributed by atoms with E-state index in [-0.39, 0.29) is 6.04 Å². The van der Waals surface area contributed by atoms with Crippen LogP contribution >= 0.6 is 22.9 Å². The zero-order chi connectivity index (χ0) is 13.3. The first-order chi connectivity index (χ1) is 8.52. The summed E-state index contributed by atoms with van der Waals surface area (Å²) in [7, 11) is 1.66. The Hall–Kier alpha value is -1.03. The molecule has 2 rings (SSSR count). The largest absolute Gasteiger partial charge is 0.496 e. The molecule has 0 bridgehead atoms. The fourth-order valence-electron chi connectivity index (χ4n) is 1.77. The third-order valence-electron chi connectivity index (χ3n) is 2.82. The zero-order valence-corrected chi connectivity index (χ0v) is 12.2. The minimum Gasteiger partial charge on any atom is -0.496 e. The highest BCUT2D eigenvalue weighted by molar-refractivity contribution is 7.15. The molecule has 0 aliphatic rings. The van der Waals surface area contributed by atoms with Crippen molar-refractivity contribution in [2.24, 2.45) is 5.73 Å². The molecule has 0 aliphatic carbocycles. The molecule has 1 atom stereocenters. The van der Waals surface area contributed by atoms with Crippen molar-refractivity contribution < 1.29 is 4.74 Å². The van der Waals surface area contributed by atoms with E-state index in [2.05, 4.69) is 18.2 Å². The standard InChI is InChI=1S/C14H16ClNOS/c1-8-6-10(12(17-3)7-11(8)15)14-5-4-13(18-14)9(2)16/h4-7,9H,16H2,1-3H3. The number of hydrogen-bond donors (Lipinski definition) is 1. The van der Waals surface area contributed by atoms with Crippen LogP contribution < -0.4 is 10.5 Å². The molecule has 1 aromatic carbocycles. The summed E-state index contributed by atoms with van der Waals surface area (Å²) in [6.45, 7) is 3.98. The molecule has 0 amide bonds. The van der Waals surface area contributed by atoms with Gasteiger partial charge in [0, 0.05) is 26.4 Å². The molecule has 0 fully saturated rings. The highest BCUT2D eigenvalue weighted by atomic mass is 35.5. The van der Waals surface area contributed by atoms with Crippen LogP contribution in [0.15, 0.2) is 24.3 Å². The highest BCUT2D eigenvalue weighted by Crippen LogP contribution is 2.39. The monoisotopic (exact) mass is 281 g/mol. The summed E-state index contributed by atoms with van der Waals surface area (Å²) < 4.78 is 5.40. The fourth-order valence-corrected chi connectivity index (χ4v) is 2.90. The second kappa shape index (κ2) is 5.31. The number of rotatable bonds is 3. The molecule has 0 aliphatic heterocycles. The van der Waals surface area contributed by atoms with Crippen molar-refractivity contribution in [2.45, 2.75) is 19.9 Å². The topological polar surface area (TPSA) is 35.2 Å². The Balaban J connectivity index is 2.51. The lowest BCUT2D eigenvalue weighted by molar-refractivity contribution is 0.416. The minimum absolute atomic E-state index is 0.0585. The van der Waals surface area contributed by atoms with Crippen LogP contribution in [-0.4, -0.2) is 7.11 Å². The van der Waals surface area contributed by atoms with E-state index in [1.165, 1.54) is 4.88 Å². The van der Waals surface area contributed by atoms with Gasteiger partial charge in [-0.15, -0.1) is 11.3 Å². The van der Waals surface area contributed by atoms with Crippen molar-refractivity contribution in [1.29, 1.82) is 0 Å². The van der Waals surface area contributed by atoms with Gasteiger partial charge < -0.3 is 10.5 Å². The van der Waals surface area contributed by atoms with E-state index in [1.807, 2.05) is 19.9 Å². The van der Waals surface area contributed by atoms with Gasteiger partial charge in [0.2, 0.25) is 0 Å². The van der Waals surface area contributed by atoms with Crippen LogP contribution in [0.25, 0.3) is 10.4 Å². The van der Waals surface area contributed by atoms with E-state index in [0.717, 1.165) is 26.8 Å². The third kappa shape index (κ3) is 2.53. The molecule has 0 radical (unpaired) electrons. The molecule has 2 nitrogen and oxygen atoms in total. The maximum atomic E-state index is 6.11. The summed E-state index contributed by atoms with van der Waals surface area (Å²) >= 11 is 7.80. The Bertz CT molecular complexity index is 563. The van der Waals surface area contributed by atoms with Gasteiger partial charge in [0.05, 0.1) is 7.11 Å². The maximum Gasteiger partial charge on any atom is 0.129 e. The van der Waals surface area contributed by atoms with Crippen LogP contribution in [0.2, 0.25) is 5.02 Å². The Morgan fingerprint density at radius 2 is 2.06 bits per heavy atom. The summed E-state index contributed by atoms with van der Waals surface area (Å²) in [5.41, 5.74) is 8.00. The number of hydrogen-bond acceptors (Lipinski definition) is 3. The Labute approximate surface area is 116 Å². The number of benzene rings is 1. The predicted octanol–water partition coefficient (Wildman–Crippen LogP) is 4.41. The van der Waals surface area contributed by atoms with Crippen LogP contribution in [0, 0.1) is 6.92 Å². The summed E-state index contributed by atoms with van der Waals surface area (Å²) in [4.78, 5) is 2.32. The van der Waals surface area contributed by atoms with Crippen molar-refractivity contribution in [3.63, 3.8) is 0 Å². The van der Waals surface area contributed by atoms with Crippen molar-refractivity contribution in [2.75, 3.05) is 7.11 Å².